The fourth-order valence-electron chi connectivity index (χ4n) is 4.71. The van der Waals surface area contributed by atoms with Gasteiger partial charge in [-0.2, -0.15) is 0 Å². The van der Waals surface area contributed by atoms with Crippen LogP contribution in [-0.4, -0.2) is 37.1 Å². The first-order valence-electron chi connectivity index (χ1n) is 11.9. The third kappa shape index (κ3) is 3.96. The number of carbonyl (C=O) groups is 2. The molecule has 5 rings (SSSR count). The van der Waals surface area contributed by atoms with E-state index in [2.05, 4.69) is 6.92 Å². The van der Waals surface area contributed by atoms with Crippen LogP contribution in [0.1, 0.15) is 35.2 Å². The number of ether oxygens (including phenoxy) is 3. The number of benzene rings is 3. The Morgan fingerprint density at radius 1 is 1.00 bits per heavy atom. The molecule has 36 heavy (non-hydrogen) atoms. The van der Waals surface area contributed by atoms with Gasteiger partial charge in [-0.3, -0.25) is 14.5 Å². The Labute approximate surface area is 209 Å². The molecule has 2 aliphatic heterocycles. The maximum Gasteiger partial charge on any atom is 0.300 e. The highest BCUT2D eigenvalue weighted by molar-refractivity contribution is 6.51. The second kappa shape index (κ2) is 9.41. The van der Waals surface area contributed by atoms with Crippen molar-refractivity contribution in [2.75, 3.05) is 25.2 Å². The van der Waals surface area contributed by atoms with E-state index in [9.17, 15) is 14.7 Å². The topological polar surface area (TPSA) is 85.3 Å². The summed E-state index contributed by atoms with van der Waals surface area (Å²) in [4.78, 5) is 28.3. The normalized spacial score (nSPS) is 18.4. The maximum absolute atomic E-state index is 13.5. The van der Waals surface area contributed by atoms with Crippen molar-refractivity contribution in [1.82, 2.24) is 0 Å². The van der Waals surface area contributed by atoms with Crippen molar-refractivity contribution < 1.29 is 28.9 Å². The summed E-state index contributed by atoms with van der Waals surface area (Å²) in [5, 5.41) is 11.4. The summed E-state index contributed by atoms with van der Waals surface area (Å²) in [5.41, 5.74) is 3.54. The van der Waals surface area contributed by atoms with Gasteiger partial charge < -0.3 is 19.3 Å². The number of amides is 1. The Morgan fingerprint density at radius 3 is 2.39 bits per heavy atom. The SMILES string of the molecule is CCc1ccc(C2/C(=C(\O)c3ccc(OC)cc3C)C(=O)C(=O)N2c2ccc3c(c2)OCCO3)cc1. The highest BCUT2D eigenvalue weighted by atomic mass is 16.6. The third-order valence-electron chi connectivity index (χ3n) is 6.64. The van der Waals surface area contributed by atoms with Crippen LogP contribution in [0.2, 0.25) is 0 Å². The Hall–Kier alpha value is -4.26. The summed E-state index contributed by atoms with van der Waals surface area (Å²) < 4.78 is 16.6. The van der Waals surface area contributed by atoms with Gasteiger partial charge in [0.15, 0.2) is 11.5 Å². The molecule has 1 fully saturated rings. The molecule has 1 saturated heterocycles. The van der Waals surface area contributed by atoms with E-state index in [4.69, 9.17) is 14.2 Å². The molecule has 7 nitrogen and oxygen atoms in total. The number of Topliss-reactive ketones (excluding diaryl/α,β-unsaturated/α-hetero) is 1. The Balaban J connectivity index is 1.69. The van der Waals surface area contributed by atoms with Gasteiger partial charge in [0.25, 0.3) is 11.7 Å². The summed E-state index contributed by atoms with van der Waals surface area (Å²) in [5.74, 6) is 0.0303. The molecule has 0 aliphatic carbocycles. The molecule has 1 amide bonds. The Bertz CT molecular complexity index is 1380. The number of methoxy groups -OCH3 is 1. The Kier molecular flexibility index (Phi) is 6.14. The molecule has 3 aromatic rings. The van der Waals surface area contributed by atoms with Crippen LogP contribution in [0.5, 0.6) is 17.2 Å². The minimum atomic E-state index is -0.819. The summed E-state index contributed by atoms with van der Waals surface area (Å²) in [7, 11) is 1.56. The second-order valence-corrected chi connectivity index (χ2v) is 8.77. The predicted molar refractivity (Wildman–Crippen MR) is 136 cm³/mol. The van der Waals surface area contributed by atoms with Gasteiger partial charge >= 0.3 is 0 Å². The molecule has 2 aliphatic rings. The lowest BCUT2D eigenvalue weighted by molar-refractivity contribution is -0.132. The molecule has 1 atom stereocenters. The van der Waals surface area contributed by atoms with Crippen LogP contribution in [0.4, 0.5) is 5.69 Å². The largest absolute Gasteiger partial charge is 0.507 e. The summed E-state index contributed by atoms with van der Waals surface area (Å²) in [6, 6.07) is 17.3. The van der Waals surface area contributed by atoms with Crippen LogP contribution in [0.25, 0.3) is 5.76 Å². The number of hydrogen-bond donors (Lipinski definition) is 1. The number of anilines is 1. The zero-order valence-electron chi connectivity index (χ0n) is 20.4. The smallest absolute Gasteiger partial charge is 0.300 e. The van der Waals surface area contributed by atoms with Gasteiger partial charge in [0.1, 0.15) is 24.7 Å². The number of carbonyl (C=O) groups excluding carboxylic acids is 2. The molecule has 0 aromatic heterocycles. The number of nitrogens with zero attached hydrogens (tertiary/aromatic N) is 1. The number of hydrogen-bond acceptors (Lipinski definition) is 6. The zero-order valence-corrected chi connectivity index (χ0v) is 20.4. The molecule has 0 radical (unpaired) electrons. The second-order valence-electron chi connectivity index (χ2n) is 8.77. The molecule has 184 valence electrons. The van der Waals surface area contributed by atoms with E-state index in [0.29, 0.717) is 47.3 Å². The third-order valence-corrected chi connectivity index (χ3v) is 6.64. The van der Waals surface area contributed by atoms with Gasteiger partial charge in [-0.25, -0.2) is 0 Å². The molecule has 3 aromatic carbocycles. The van der Waals surface area contributed by atoms with Crippen LogP contribution >= 0.6 is 0 Å². The first-order valence-corrected chi connectivity index (χ1v) is 11.9. The maximum atomic E-state index is 13.5. The molecule has 2 heterocycles. The molecule has 1 unspecified atom stereocenters. The van der Waals surface area contributed by atoms with Crippen molar-refractivity contribution in [3.8, 4) is 17.2 Å². The number of rotatable bonds is 5. The van der Waals surface area contributed by atoms with Crippen LogP contribution in [0.15, 0.2) is 66.2 Å². The lowest BCUT2D eigenvalue weighted by atomic mass is 9.93. The molecule has 7 heteroatoms. The average molecular weight is 486 g/mol. The fourth-order valence-corrected chi connectivity index (χ4v) is 4.71. The van der Waals surface area contributed by atoms with Crippen LogP contribution < -0.4 is 19.1 Å². The highest BCUT2D eigenvalue weighted by Crippen LogP contribution is 2.45. The lowest BCUT2D eigenvalue weighted by Crippen LogP contribution is -2.29. The number of fused-ring (bicyclic) bond motifs is 1. The molecule has 0 saturated carbocycles. The average Bonchev–Trinajstić information content (AvgIpc) is 3.18. The monoisotopic (exact) mass is 485 g/mol. The molecular weight excluding hydrogens is 458 g/mol. The van der Waals surface area contributed by atoms with Crippen LogP contribution in [-0.2, 0) is 16.0 Å². The summed E-state index contributed by atoms with van der Waals surface area (Å²) in [6.07, 6.45) is 0.855. The van der Waals surface area contributed by atoms with Gasteiger partial charge in [0, 0.05) is 17.3 Å². The first kappa shape index (κ1) is 23.5. The summed E-state index contributed by atoms with van der Waals surface area (Å²) in [6.45, 7) is 4.72. The predicted octanol–water partition coefficient (Wildman–Crippen LogP) is 4.96. The highest BCUT2D eigenvalue weighted by Gasteiger charge is 2.47. The van der Waals surface area contributed by atoms with E-state index in [-0.39, 0.29) is 11.3 Å². The van der Waals surface area contributed by atoms with Crippen molar-refractivity contribution in [2.24, 2.45) is 0 Å². The molecule has 0 bridgehead atoms. The zero-order chi connectivity index (χ0) is 25.4. The number of aliphatic hydroxyl groups is 1. The van der Waals surface area contributed by atoms with Crippen molar-refractivity contribution in [2.45, 2.75) is 26.3 Å². The van der Waals surface area contributed by atoms with E-state index in [0.717, 1.165) is 17.5 Å². The lowest BCUT2D eigenvalue weighted by Gasteiger charge is -2.27. The van der Waals surface area contributed by atoms with Crippen molar-refractivity contribution in [3.63, 3.8) is 0 Å². The number of aryl methyl sites for hydroxylation is 2. The molecule has 0 spiro atoms. The van der Waals surface area contributed by atoms with E-state index in [1.807, 2.05) is 31.2 Å². The minimum absolute atomic E-state index is 0.0346. The van der Waals surface area contributed by atoms with Crippen LogP contribution in [0.3, 0.4) is 0 Å². The minimum Gasteiger partial charge on any atom is -0.507 e. The fraction of sp³-hybridized carbons (Fsp3) is 0.241. The van der Waals surface area contributed by atoms with E-state index in [1.165, 1.54) is 4.90 Å². The number of ketones is 1. The van der Waals surface area contributed by atoms with Gasteiger partial charge in [0.05, 0.1) is 18.7 Å². The van der Waals surface area contributed by atoms with Gasteiger partial charge in [0.2, 0.25) is 0 Å². The van der Waals surface area contributed by atoms with Crippen LogP contribution in [0, 0.1) is 6.92 Å². The first-order chi connectivity index (χ1) is 17.4. The van der Waals surface area contributed by atoms with Gasteiger partial charge in [-0.05, 0) is 60.4 Å². The van der Waals surface area contributed by atoms with E-state index in [1.54, 1.807) is 43.5 Å². The van der Waals surface area contributed by atoms with E-state index >= 15 is 0 Å². The van der Waals surface area contributed by atoms with E-state index < -0.39 is 17.7 Å². The van der Waals surface area contributed by atoms with Crippen molar-refractivity contribution >= 4 is 23.1 Å². The quantitative estimate of drug-likeness (QED) is 0.312. The standard InChI is InChI=1S/C29H27NO6/c1-4-18-5-7-19(8-6-18)26-25(27(31)22-11-10-21(34-3)15-17(22)2)28(32)29(33)30(26)20-9-12-23-24(16-20)36-14-13-35-23/h5-12,15-16,26,31H,4,13-14H2,1-3H3/b27-25+. The van der Waals surface area contributed by atoms with Gasteiger partial charge in [-0.1, -0.05) is 31.2 Å². The molecular formula is C29H27NO6. The molecule has 1 N–H and O–H groups in total. The summed E-state index contributed by atoms with van der Waals surface area (Å²) >= 11 is 0. The van der Waals surface area contributed by atoms with Crippen molar-refractivity contribution in [3.05, 3.63) is 88.5 Å². The number of aliphatic hydroxyl groups excluding tert-OH is 1. The van der Waals surface area contributed by atoms with Crippen molar-refractivity contribution in [1.29, 1.82) is 0 Å². The van der Waals surface area contributed by atoms with Gasteiger partial charge in [-0.15, -0.1) is 0 Å². The Morgan fingerprint density at radius 2 is 1.72 bits per heavy atom.